The number of rotatable bonds is 6. The molecule has 0 unspecified atom stereocenters. The highest BCUT2D eigenvalue weighted by molar-refractivity contribution is 7.87. The quantitative estimate of drug-likeness (QED) is 0.448. The highest BCUT2D eigenvalue weighted by atomic mass is 32.2. The molecule has 2 aromatic carbocycles. The maximum absolute atomic E-state index is 12.5. The summed E-state index contributed by atoms with van der Waals surface area (Å²) in [5.74, 6) is -0.195. The number of nitro groups is 1. The van der Waals surface area contributed by atoms with E-state index in [1.807, 2.05) is 0 Å². The average Bonchev–Trinajstić information content (AvgIpc) is 3.15. The zero-order valence-electron chi connectivity index (χ0n) is 15.3. The van der Waals surface area contributed by atoms with Crippen molar-refractivity contribution < 1.29 is 22.3 Å². The highest BCUT2D eigenvalue weighted by Crippen LogP contribution is 2.25. The monoisotopic (exact) mass is 404 g/mol. The first-order valence-corrected chi connectivity index (χ1v) is 10.3. The van der Waals surface area contributed by atoms with E-state index in [1.54, 1.807) is 0 Å². The van der Waals surface area contributed by atoms with Crippen LogP contribution in [0.3, 0.4) is 0 Å². The fraction of sp³-hybridized carbons (Fsp3) is 0.316. The molecule has 0 saturated heterocycles. The molecule has 1 aliphatic rings. The summed E-state index contributed by atoms with van der Waals surface area (Å²) in [6.07, 6.45) is 4.14. The van der Waals surface area contributed by atoms with Crippen LogP contribution in [0.15, 0.2) is 47.4 Å². The van der Waals surface area contributed by atoms with Gasteiger partial charge in [0.25, 0.3) is 11.6 Å². The minimum atomic E-state index is -4.26. The summed E-state index contributed by atoms with van der Waals surface area (Å²) < 4.78 is 30.1. The molecule has 0 aliphatic heterocycles. The van der Waals surface area contributed by atoms with Crippen molar-refractivity contribution in [3.8, 4) is 5.75 Å². The van der Waals surface area contributed by atoms with Gasteiger partial charge < -0.3 is 9.50 Å². The molecule has 1 N–H and O–H groups in total. The smallest absolute Gasteiger partial charge is 0.339 e. The number of carbonyl (C=O) groups is 1. The van der Waals surface area contributed by atoms with E-state index in [0.29, 0.717) is 11.1 Å². The van der Waals surface area contributed by atoms with Crippen LogP contribution in [0.1, 0.15) is 41.6 Å². The SMILES string of the molecule is Cc1ccc([N+](=O)[O-])cc1S(=O)(=O)Oc1ccc(C(=O)NC2CCCC2)cc1. The van der Waals surface area contributed by atoms with Gasteiger partial charge in [0, 0.05) is 23.7 Å². The molecule has 28 heavy (non-hydrogen) atoms. The number of carbonyl (C=O) groups excluding carboxylic acids is 1. The molecule has 2 aromatic rings. The molecule has 0 heterocycles. The van der Waals surface area contributed by atoms with E-state index < -0.39 is 15.0 Å². The van der Waals surface area contributed by atoms with Gasteiger partial charge in [-0.2, -0.15) is 8.42 Å². The van der Waals surface area contributed by atoms with Gasteiger partial charge in [-0.15, -0.1) is 0 Å². The van der Waals surface area contributed by atoms with Crippen LogP contribution < -0.4 is 9.50 Å². The zero-order valence-corrected chi connectivity index (χ0v) is 16.1. The van der Waals surface area contributed by atoms with Crippen molar-refractivity contribution in [2.24, 2.45) is 0 Å². The van der Waals surface area contributed by atoms with E-state index >= 15 is 0 Å². The maximum Gasteiger partial charge on any atom is 0.339 e. The molecule has 0 atom stereocenters. The fourth-order valence-corrected chi connectivity index (χ4v) is 4.33. The Balaban J connectivity index is 1.75. The Morgan fingerprint density at radius 3 is 2.39 bits per heavy atom. The lowest BCUT2D eigenvalue weighted by Gasteiger charge is -2.12. The molecule has 1 amide bonds. The Morgan fingerprint density at radius 2 is 1.79 bits per heavy atom. The summed E-state index contributed by atoms with van der Waals surface area (Å²) in [5.41, 5.74) is 0.396. The molecular weight excluding hydrogens is 384 g/mol. The number of aryl methyl sites for hydroxylation is 1. The van der Waals surface area contributed by atoms with Crippen molar-refractivity contribution in [1.29, 1.82) is 0 Å². The summed E-state index contributed by atoms with van der Waals surface area (Å²) in [6.45, 7) is 1.52. The lowest BCUT2D eigenvalue weighted by molar-refractivity contribution is -0.385. The third-order valence-electron chi connectivity index (χ3n) is 4.66. The zero-order chi connectivity index (χ0) is 20.3. The number of nitrogens with one attached hydrogen (secondary N) is 1. The van der Waals surface area contributed by atoms with Crippen LogP contribution in [-0.4, -0.2) is 25.3 Å². The van der Waals surface area contributed by atoms with Gasteiger partial charge in [-0.05, 0) is 49.6 Å². The van der Waals surface area contributed by atoms with Crippen molar-refractivity contribution >= 4 is 21.7 Å². The van der Waals surface area contributed by atoms with Gasteiger partial charge in [-0.25, -0.2) is 0 Å². The van der Waals surface area contributed by atoms with E-state index in [1.165, 1.54) is 43.3 Å². The third kappa shape index (κ3) is 4.48. The minimum Gasteiger partial charge on any atom is -0.379 e. The number of amides is 1. The van der Waals surface area contributed by atoms with Gasteiger partial charge in [-0.3, -0.25) is 14.9 Å². The molecular formula is C19H20N2O6S. The van der Waals surface area contributed by atoms with Gasteiger partial charge in [0.05, 0.1) is 4.92 Å². The Morgan fingerprint density at radius 1 is 1.14 bits per heavy atom. The predicted molar refractivity (Wildman–Crippen MR) is 102 cm³/mol. The molecule has 9 heteroatoms. The van der Waals surface area contributed by atoms with E-state index in [2.05, 4.69) is 5.32 Å². The number of non-ortho nitro benzene ring substituents is 1. The first-order valence-electron chi connectivity index (χ1n) is 8.87. The Bertz CT molecular complexity index is 996. The lowest BCUT2D eigenvalue weighted by atomic mass is 10.2. The van der Waals surface area contributed by atoms with Crippen LogP contribution in [0.4, 0.5) is 5.69 Å². The van der Waals surface area contributed by atoms with Gasteiger partial charge >= 0.3 is 10.1 Å². The molecule has 1 saturated carbocycles. The molecule has 0 radical (unpaired) electrons. The number of benzene rings is 2. The van der Waals surface area contributed by atoms with Crippen molar-refractivity contribution in [2.75, 3.05) is 0 Å². The first-order chi connectivity index (χ1) is 13.3. The van der Waals surface area contributed by atoms with Crippen molar-refractivity contribution in [1.82, 2.24) is 5.32 Å². The van der Waals surface area contributed by atoms with Gasteiger partial charge in [-0.1, -0.05) is 18.9 Å². The lowest BCUT2D eigenvalue weighted by Crippen LogP contribution is -2.32. The molecule has 3 rings (SSSR count). The van der Waals surface area contributed by atoms with Crippen LogP contribution in [0, 0.1) is 17.0 Å². The van der Waals surface area contributed by atoms with E-state index in [4.69, 9.17) is 4.18 Å². The highest BCUT2D eigenvalue weighted by Gasteiger charge is 2.23. The predicted octanol–water partition coefficient (Wildman–Crippen LogP) is 3.34. The molecule has 1 aliphatic carbocycles. The number of hydrogen-bond acceptors (Lipinski definition) is 6. The van der Waals surface area contributed by atoms with Crippen molar-refractivity contribution in [2.45, 2.75) is 43.5 Å². The Hall–Kier alpha value is -2.94. The van der Waals surface area contributed by atoms with Crippen LogP contribution in [0.5, 0.6) is 5.75 Å². The fourth-order valence-electron chi connectivity index (χ4n) is 3.14. The second-order valence-electron chi connectivity index (χ2n) is 6.72. The summed E-state index contributed by atoms with van der Waals surface area (Å²) in [4.78, 5) is 22.2. The second kappa shape index (κ2) is 7.97. The van der Waals surface area contributed by atoms with Crippen LogP contribution in [-0.2, 0) is 10.1 Å². The van der Waals surface area contributed by atoms with Crippen molar-refractivity contribution in [3.05, 3.63) is 63.7 Å². The van der Waals surface area contributed by atoms with Crippen LogP contribution in [0.25, 0.3) is 0 Å². The van der Waals surface area contributed by atoms with Crippen LogP contribution in [0.2, 0.25) is 0 Å². The second-order valence-corrected chi connectivity index (χ2v) is 8.24. The van der Waals surface area contributed by atoms with Crippen molar-refractivity contribution in [3.63, 3.8) is 0 Å². The van der Waals surface area contributed by atoms with E-state index in [0.717, 1.165) is 31.7 Å². The Labute approximate surface area is 162 Å². The molecule has 0 bridgehead atoms. The third-order valence-corrected chi connectivity index (χ3v) is 6.06. The Kier molecular flexibility index (Phi) is 5.64. The van der Waals surface area contributed by atoms with Crippen LogP contribution >= 0.6 is 0 Å². The molecule has 0 aromatic heterocycles. The minimum absolute atomic E-state index is 0.0170. The molecule has 0 spiro atoms. The maximum atomic E-state index is 12.5. The summed E-state index contributed by atoms with van der Waals surface area (Å²) in [5, 5.41) is 13.9. The van der Waals surface area contributed by atoms with Gasteiger partial charge in [0.15, 0.2) is 0 Å². The topological polar surface area (TPSA) is 116 Å². The molecule has 148 valence electrons. The number of nitro benzene ring substituents is 1. The largest absolute Gasteiger partial charge is 0.379 e. The molecule has 8 nitrogen and oxygen atoms in total. The van der Waals surface area contributed by atoms with Gasteiger partial charge in [0.2, 0.25) is 0 Å². The number of nitrogens with zero attached hydrogens (tertiary/aromatic N) is 1. The average molecular weight is 404 g/mol. The first kappa shape index (κ1) is 19.8. The summed E-state index contributed by atoms with van der Waals surface area (Å²) >= 11 is 0. The molecule has 1 fully saturated rings. The van der Waals surface area contributed by atoms with E-state index in [9.17, 15) is 23.3 Å². The van der Waals surface area contributed by atoms with Gasteiger partial charge in [0.1, 0.15) is 10.6 Å². The summed E-state index contributed by atoms with van der Waals surface area (Å²) in [6, 6.07) is 9.46. The standard InChI is InChI=1S/C19H20N2O6S/c1-13-6-9-16(21(23)24)12-18(13)28(25,26)27-17-10-7-14(8-11-17)19(22)20-15-4-2-3-5-15/h6-12,15H,2-5H2,1H3,(H,20,22). The van der Waals surface area contributed by atoms with E-state index in [-0.39, 0.29) is 28.3 Å². The number of hydrogen-bond donors (Lipinski definition) is 1. The normalized spacial score (nSPS) is 14.6. The summed E-state index contributed by atoms with van der Waals surface area (Å²) in [7, 11) is -4.26.